The van der Waals surface area contributed by atoms with Gasteiger partial charge in [0.2, 0.25) is 0 Å². The van der Waals surface area contributed by atoms with E-state index in [-0.39, 0.29) is 17.5 Å². The summed E-state index contributed by atoms with van der Waals surface area (Å²) in [6.07, 6.45) is 0. The van der Waals surface area contributed by atoms with Crippen LogP contribution in [0.15, 0.2) is 215 Å². The molecule has 0 bridgehead atoms. The average Bonchev–Trinajstić information content (AvgIpc) is 3.97. The zero-order chi connectivity index (χ0) is 48.6. The summed E-state index contributed by atoms with van der Waals surface area (Å²) in [6.45, 7) is 13.6. The molecule has 5 nitrogen and oxygen atoms in total. The number of hydrogen-bond donors (Lipinski definition) is 0. The van der Waals surface area contributed by atoms with E-state index in [1.54, 1.807) is 0 Å². The van der Waals surface area contributed by atoms with Gasteiger partial charge in [-0.05, 0) is 140 Å². The Bertz CT molecular complexity index is 4150. The van der Waals surface area contributed by atoms with E-state index in [1.165, 1.54) is 38.3 Å². The molecule has 4 heterocycles. The number of rotatable bonds is 5. The van der Waals surface area contributed by atoms with Gasteiger partial charge >= 0.3 is 0 Å². The highest BCUT2D eigenvalue weighted by Crippen LogP contribution is 2.49. The lowest BCUT2D eigenvalue weighted by atomic mass is 9.33. The zero-order valence-electron chi connectivity index (χ0n) is 41.4. The molecule has 6 heteroatoms. The number of para-hydroxylation sites is 2. The predicted molar refractivity (Wildman–Crippen MR) is 305 cm³/mol. The zero-order valence-corrected chi connectivity index (χ0v) is 41.4. The van der Waals surface area contributed by atoms with Crippen molar-refractivity contribution in [3.63, 3.8) is 0 Å². The molecule has 2 aliphatic heterocycles. The topological polar surface area (TPSA) is 36.0 Å². The van der Waals surface area contributed by atoms with Crippen LogP contribution in [0.1, 0.15) is 52.7 Å². The van der Waals surface area contributed by atoms with Crippen molar-refractivity contribution in [3.05, 3.63) is 217 Å². The Balaban J connectivity index is 1.04. The molecule has 346 valence electrons. The van der Waals surface area contributed by atoms with E-state index in [9.17, 15) is 0 Å². The maximum absolute atomic E-state index is 7.02. The summed E-state index contributed by atoms with van der Waals surface area (Å²) in [5.74, 6) is 0. The second-order valence-electron chi connectivity index (χ2n) is 21.8. The van der Waals surface area contributed by atoms with Crippen LogP contribution < -0.4 is 31.1 Å². The van der Waals surface area contributed by atoms with Gasteiger partial charge in [0.25, 0.3) is 6.71 Å². The van der Waals surface area contributed by atoms with Crippen LogP contribution in [0.5, 0.6) is 0 Å². The fraction of sp³-hybridized carbons (Fsp3) is 0.121. The highest BCUT2D eigenvalue weighted by Gasteiger charge is 2.45. The fourth-order valence-electron chi connectivity index (χ4n) is 11.7. The first-order valence-electron chi connectivity index (χ1n) is 25.2. The molecule has 0 N–H and O–H groups in total. The van der Waals surface area contributed by atoms with Crippen LogP contribution in [0.3, 0.4) is 0 Å². The molecule has 2 aliphatic rings. The molecule has 12 aromatic rings. The van der Waals surface area contributed by atoms with Crippen LogP contribution >= 0.6 is 0 Å². The van der Waals surface area contributed by atoms with Gasteiger partial charge in [0.05, 0.1) is 5.69 Å². The molecule has 14 rings (SSSR count). The summed E-state index contributed by atoms with van der Waals surface area (Å²) in [6, 6.07) is 75.9. The van der Waals surface area contributed by atoms with Crippen LogP contribution in [0.4, 0.5) is 51.2 Å². The molecular weight excluding hydrogens is 878 g/mol. The first-order chi connectivity index (χ1) is 35.0. The lowest BCUT2D eigenvalue weighted by Gasteiger charge is -2.44. The van der Waals surface area contributed by atoms with E-state index in [0.29, 0.717) is 0 Å². The van der Waals surface area contributed by atoms with Gasteiger partial charge in [-0.2, -0.15) is 0 Å². The van der Waals surface area contributed by atoms with Crippen LogP contribution in [-0.4, -0.2) is 6.71 Å². The largest absolute Gasteiger partial charge is 0.456 e. The Morgan fingerprint density at radius 1 is 0.389 bits per heavy atom. The molecule has 0 atom stereocenters. The van der Waals surface area contributed by atoms with Gasteiger partial charge in [0, 0.05) is 67.0 Å². The molecule has 0 saturated heterocycles. The van der Waals surface area contributed by atoms with E-state index >= 15 is 0 Å². The molecule has 0 spiro atoms. The van der Waals surface area contributed by atoms with E-state index in [0.717, 1.165) is 95.1 Å². The molecule has 0 aliphatic carbocycles. The fourth-order valence-corrected chi connectivity index (χ4v) is 11.7. The Labute approximate surface area is 420 Å². The van der Waals surface area contributed by atoms with Crippen molar-refractivity contribution in [2.75, 3.05) is 14.7 Å². The number of benzene rings is 10. The van der Waals surface area contributed by atoms with Crippen LogP contribution in [0.2, 0.25) is 0 Å². The second-order valence-corrected chi connectivity index (χ2v) is 21.8. The van der Waals surface area contributed by atoms with Crippen molar-refractivity contribution in [3.8, 4) is 0 Å². The van der Waals surface area contributed by atoms with Crippen molar-refractivity contribution in [1.82, 2.24) is 0 Å². The van der Waals surface area contributed by atoms with E-state index in [4.69, 9.17) is 8.83 Å². The maximum atomic E-state index is 7.02. The molecule has 0 saturated carbocycles. The Morgan fingerprint density at radius 2 is 0.931 bits per heavy atom. The van der Waals surface area contributed by atoms with Gasteiger partial charge in [-0.15, -0.1) is 0 Å². The van der Waals surface area contributed by atoms with E-state index < -0.39 is 0 Å². The Kier molecular flexibility index (Phi) is 9.14. The Hall–Kier alpha value is -8.48. The smallest absolute Gasteiger partial charge is 0.252 e. The van der Waals surface area contributed by atoms with Crippen molar-refractivity contribution in [1.29, 1.82) is 0 Å². The minimum Gasteiger partial charge on any atom is -0.456 e. The third-order valence-electron chi connectivity index (χ3n) is 15.3. The van der Waals surface area contributed by atoms with Gasteiger partial charge in [-0.25, -0.2) is 0 Å². The molecule has 0 fully saturated rings. The van der Waals surface area contributed by atoms with Gasteiger partial charge in [-0.3, -0.25) is 0 Å². The standard InChI is InChI=1S/C66H52BN3O2/c1-65(2,3)43-23-28-45(29-24-43)69-56-18-13-19-57-62(56)67(55-36-34-52-50-16-9-12-21-60(50)72-64(52)63(55)70(57)46-30-25-44(26-31-46)66(4,5)6)54-35-32-49(40-58(54)69)68(47-27-22-41-14-7-8-15-42(41)38-47)48-33-37-61-53(39-48)51-17-10-11-20-59(51)71-61/h7-40H,1-6H3. The summed E-state index contributed by atoms with van der Waals surface area (Å²) in [4.78, 5) is 7.40. The molecule has 10 aromatic carbocycles. The minimum atomic E-state index is -0.106. The minimum absolute atomic E-state index is 0.000969. The van der Waals surface area contributed by atoms with E-state index in [1.807, 2.05) is 6.07 Å². The highest BCUT2D eigenvalue weighted by atomic mass is 16.3. The van der Waals surface area contributed by atoms with Gasteiger partial charge in [0.15, 0.2) is 5.58 Å². The van der Waals surface area contributed by atoms with Gasteiger partial charge < -0.3 is 23.5 Å². The normalized spacial score (nSPS) is 13.3. The number of fused-ring (bicyclic) bond motifs is 12. The second kappa shape index (κ2) is 15.5. The average molecular weight is 930 g/mol. The highest BCUT2D eigenvalue weighted by molar-refractivity contribution is 7.00. The van der Waals surface area contributed by atoms with E-state index in [2.05, 4.69) is 256 Å². The molecule has 72 heavy (non-hydrogen) atoms. The van der Waals surface area contributed by atoms with Gasteiger partial charge in [0.1, 0.15) is 16.7 Å². The summed E-state index contributed by atoms with van der Waals surface area (Å²) in [5.41, 5.74) is 19.7. The van der Waals surface area contributed by atoms with Crippen LogP contribution in [0, 0.1) is 0 Å². The van der Waals surface area contributed by atoms with Gasteiger partial charge in [-0.1, -0.05) is 157 Å². The maximum Gasteiger partial charge on any atom is 0.252 e. The third kappa shape index (κ3) is 6.48. The molecular formula is C66H52BN3O2. The number of anilines is 9. The van der Waals surface area contributed by atoms with Crippen molar-refractivity contribution in [2.24, 2.45) is 0 Å². The molecule has 2 aromatic heterocycles. The first-order valence-corrected chi connectivity index (χ1v) is 25.2. The quantitative estimate of drug-likeness (QED) is 0.161. The van der Waals surface area contributed by atoms with Crippen LogP contribution in [-0.2, 0) is 10.8 Å². The van der Waals surface area contributed by atoms with Crippen molar-refractivity contribution >= 4 is 129 Å². The summed E-state index contributed by atoms with van der Waals surface area (Å²) in [5, 5.41) is 6.80. The first kappa shape index (κ1) is 42.4. The summed E-state index contributed by atoms with van der Waals surface area (Å²) in [7, 11) is 0. The molecule has 0 unspecified atom stereocenters. The predicted octanol–water partition coefficient (Wildman–Crippen LogP) is 16.8. The van der Waals surface area contributed by atoms with Crippen LogP contribution in [0.25, 0.3) is 54.6 Å². The summed E-state index contributed by atoms with van der Waals surface area (Å²) >= 11 is 0. The lowest BCUT2D eigenvalue weighted by Crippen LogP contribution is -2.61. The van der Waals surface area contributed by atoms with Crippen molar-refractivity contribution in [2.45, 2.75) is 52.4 Å². The monoisotopic (exact) mass is 929 g/mol. The number of hydrogen-bond acceptors (Lipinski definition) is 5. The van der Waals surface area contributed by atoms with Crippen molar-refractivity contribution < 1.29 is 8.83 Å². The Morgan fingerprint density at radius 3 is 1.64 bits per heavy atom. The molecule has 0 amide bonds. The lowest BCUT2D eigenvalue weighted by molar-refractivity contribution is 0.590. The SMILES string of the molecule is CC(C)(C)c1ccc(N2c3cc(N(c4ccc5ccccc5c4)c4ccc5oc6ccccc6c5c4)ccc3B3c4ccc5c(oc6ccccc65)c4N(c4ccc(C(C)(C)C)cc4)c4cccc2c43)cc1. The molecule has 0 radical (unpaired) electrons. The number of furan rings is 2. The number of nitrogens with zero attached hydrogens (tertiary/aromatic N) is 3. The summed E-state index contributed by atoms with van der Waals surface area (Å²) < 4.78 is 13.4. The third-order valence-corrected chi connectivity index (χ3v) is 15.3.